The summed E-state index contributed by atoms with van der Waals surface area (Å²) in [7, 11) is 0. The standard InChI is InChI=1S/C12H14N2O4/c1-8-4-2-3-5-9(8)12(18)14-6-10(15)13-7-11(16)17/h2-5H,6-7H2,1H3,(H,13,15)(H,14,18)(H,16,17). The predicted octanol–water partition coefficient (Wildman–Crippen LogP) is -0.0744. The molecule has 1 aromatic rings. The van der Waals surface area contributed by atoms with E-state index in [0.29, 0.717) is 5.56 Å². The van der Waals surface area contributed by atoms with Crippen LogP contribution in [0.5, 0.6) is 0 Å². The first-order chi connectivity index (χ1) is 8.50. The molecule has 0 aliphatic rings. The number of amides is 2. The molecule has 6 heteroatoms. The lowest BCUT2D eigenvalue weighted by Gasteiger charge is -2.07. The molecule has 0 aromatic heterocycles. The highest BCUT2D eigenvalue weighted by atomic mass is 16.4. The van der Waals surface area contributed by atoms with E-state index in [-0.39, 0.29) is 12.5 Å². The lowest BCUT2D eigenvalue weighted by Crippen LogP contribution is -2.39. The summed E-state index contributed by atoms with van der Waals surface area (Å²) in [5.41, 5.74) is 1.30. The minimum atomic E-state index is -1.13. The topological polar surface area (TPSA) is 95.5 Å². The van der Waals surface area contributed by atoms with E-state index in [1.54, 1.807) is 25.1 Å². The molecule has 0 bridgehead atoms. The van der Waals surface area contributed by atoms with Gasteiger partial charge in [-0.25, -0.2) is 0 Å². The monoisotopic (exact) mass is 250 g/mol. The van der Waals surface area contributed by atoms with Gasteiger partial charge in [-0.3, -0.25) is 14.4 Å². The number of nitrogens with one attached hydrogen (secondary N) is 2. The smallest absolute Gasteiger partial charge is 0.322 e. The number of carbonyl (C=O) groups is 3. The Kier molecular flexibility index (Phi) is 4.86. The van der Waals surface area contributed by atoms with Crippen LogP contribution < -0.4 is 10.6 Å². The molecule has 0 saturated heterocycles. The van der Waals surface area contributed by atoms with Gasteiger partial charge in [0.1, 0.15) is 6.54 Å². The molecule has 0 fully saturated rings. The summed E-state index contributed by atoms with van der Waals surface area (Å²) in [6.45, 7) is 1.08. The van der Waals surface area contributed by atoms with Gasteiger partial charge in [0.15, 0.2) is 0 Å². The van der Waals surface area contributed by atoms with Crippen molar-refractivity contribution in [1.82, 2.24) is 10.6 Å². The van der Waals surface area contributed by atoms with E-state index < -0.39 is 18.4 Å². The summed E-state index contributed by atoms with van der Waals surface area (Å²) in [6.07, 6.45) is 0. The molecule has 0 spiro atoms. The molecule has 0 aliphatic carbocycles. The summed E-state index contributed by atoms with van der Waals surface area (Å²) in [5, 5.41) is 12.9. The zero-order valence-electron chi connectivity index (χ0n) is 9.90. The Balaban J connectivity index is 2.45. The van der Waals surface area contributed by atoms with Crippen LogP contribution in [0.1, 0.15) is 15.9 Å². The Morgan fingerprint density at radius 1 is 1.11 bits per heavy atom. The van der Waals surface area contributed by atoms with Crippen molar-refractivity contribution in [3.63, 3.8) is 0 Å². The summed E-state index contributed by atoms with van der Waals surface area (Å²) < 4.78 is 0. The van der Waals surface area contributed by atoms with Crippen molar-refractivity contribution in [3.05, 3.63) is 35.4 Å². The molecular weight excluding hydrogens is 236 g/mol. The molecule has 96 valence electrons. The van der Waals surface area contributed by atoms with Crippen LogP contribution in [0.3, 0.4) is 0 Å². The molecular formula is C12H14N2O4. The number of carboxylic acid groups (broad SMARTS) is 1. The largest absolute Gasteiger partial charge is 0.480 e. The third-order valence-electron chi connectivity index (χ3n) is 2.24. The van der Waals surface area contributed by atoms with Gasteiger partial charge in [0, 0.05) is 5.56 Å². The van der Waals surface area contributed by atoms with Crippen LogP contribution in [0, 0.1) is 6.92 Å². The van der Waals surface area contributed by atoms with Crippen LogP contribution in [-0.2, 0) is 9.59 Å². The molecule has 18 heavy (non-hydrogen) atoms. The number of aryl methyl sites for hydroxylation is 1. The fourth-order valence-corrected chi connectivity index (χ4v) is 1.32. The molecule has 2 amide bonds. The number of carboxylic acids is 1. The number of aliphatic carboxylic acids is 1. The van der Waals surface area contributed by atoms with Gasteiger partial charge in [-0.1, -0.05) is 18.2 Å². The van der Waals surface area contributed by atoms with Gasteiger partial charge in [-0.05, 0) is 18.6 Å². The molecule has 1 rings (SSSR count). The van der Waals surface area contributed by atoms with Gasteiger partial charge in [0.05, 0.1) is 6.54 Å². The molecule has 0 atom stereocenters. The first kappa shape index (κ1) is 13.7. The van der Waals surface area contributed by atoms with E-state index >= 15 is 0 Å². The Labute approximate surface area is 104 Å². The van der Waals surface area contributed by atoms with Crippen LogP contribution in [-0.4, -0.2) is 36.0 Å². The SMILES string of the molecule is Cc1ccccc1C(=O)NCC(=O)NCC(=O)O. The van der Waals surface area contributed by atoms with E-state index in [2.05, 4.69) is 10.6 Å². The van der Waals surface area contributed by atoms with Crippen LogP contribution in [0.25, 0.3) is 0 Å². The summed E-state index contributed by atoms with van der Waals surface area (Å²) in [5.74, 6) is -2.04. The number of hydrogen-bond acceptors (Lipinski definition) is 3. The van der Waals surface area contributed by atoms with Crippen molar-refractivity contribution >= 4 is 17.8 Å². The molecule has 0 unspecified atom stereocenters. The number of carbonyl (C=O) groups excluding carboxylic acids is 2. The number of benzene rings is 1. The second kappa shape index (κ2) is 6.39. The Hall–Kier alpha value is -2.37. The van der Waals surface area contributed by atoms with E-state index in [1.165, 1.54) is 0 Å². The quantitative estimate of drug-likeness (QED) is 0.681. The van der Waals surface area contributed by atoms with Crippen molar-refractivity contribution in [2.75, 3.05) is 13.1 Å². The van der Waals surface area contributed by atoms with E-state index in [1.807, 2.05) is 6.07 Å². The Bertz CT molecular complexity index is 471. The Morgan fingerprint density at radius 2 is 1.78 bits per heavy atom. The molecule has 0 aliphatic heterocycles. The number of rotatable bonds is 5. The second-order valence-corrected chi connectivity index (χ2v) is 3.67. The van der Waals surface area contributed by atoms with Crippen LogP contribution in [0.2, 0.25) is 0 Å². The normalized spacial score (nSPS) is 9.61. The predicted molar refractivity (Wildman–Crippen MR) is 64.2 cm³/mol. The third-order valence-corrected chi connectivity index (χ3v) is 2.24. The van der Waals surface area contributed by atoms with Gasteiger partial charge in [-0.15, -0.1) is 0 Å². The molecule has 1 aromatic carbocycles. The van der Waals surface area contributed by atoms with Gasteiger partial charge in [0.25, 0.3) is 5.91 Å². The van der Waals surface area contributed by atoms with Gasteiger partial charge < -0.3 is 15.7 Å². The lowest BCUT2D eigenvalue weighted by atomic mass is 10.1. The molecule has 3 N–H and O–H groups in total. The zero-order chi connectivity index (χ0) is 13.5. The minimum absolute atomic E-state index is 0.250. The van der Waals surface area contributed by atoms with Crippen LogP contribution in [0.15, 0.2) is 24.3 Å². The first-order valence-electron chi connectivity index (χ1n) is 5.33. The average molecular weight is 250 g/mol. The maximum atomic E-state index is 11.7. The van der Waals surface area contributed by atoms with Crippen molar-refractivity contribution in [2.45, 2.75) is 6.92 Å². The van der Waals surface area contributed by atoms with Gasteiger partial charge in [-0.2, -0.15) is 0 Å². The highest BCUT2D eigenvalue weighted by Gasteiger charge is 2.10. The van der Waals surface area contributed by atoms with Crippen molar-refractivity contribution in [2.24, 2.45) is 0 Å². The van der Waals surface area contributed by atoms with Crippen LogP contribution >= 0.6 is 0 Å². The van der Waals surface area contributed by atoms with Crippen molar-refractivity contribution in [3.8, 4) is 0 Å². The van der Waals surface area contributed by atoms with Gasteiger partial charge >= 0.3 is 5.97 Å². The third kappa shape index (κ3) is 4.25. The summed E-state index contributed by atoms with van der Waals surface area (Å²) >= 11 is 0. The second-order valence-electron chi connectivity index (χ2n) is 3.67. The molecule has 0 heterocycles. The highest BCUT2D eigenvalue weighted by Crippen LogP contribution is 2.05. The number of hydrogen-bond donors (Lipinski definition) is 3. The highest BCUT2D eigenvalue weighted by molar-refractivity contribution is 5.97. The molecule has 0 radical (unpaired) electrons. The fourth-order valence-electron chi connectivity index (χ4n) is 1.32. The summed E-state index contributed by atoms with van der Waals surface area (Å²) in [6, 6.07) is 6.98. The minimum Gasteiger partial charge on any atom is -0.480 e. The zero-order valence-corrected chi connectivity index (χ0v) is 9.90. The fraction of sp³-hybridized carbons (Fsp3) is 0.250. The molecule has 6 nitrogen and oxygen atoms in total. The maximum Gasteiger partial charge on any atom is 0.322 e. The maximum absolute atomic E-state index is 11.7. The summed E-state index contributed by atoms with van der Waals surface area (Å²) in [4.78, 5) is 33.1. The van der Waals surface area contributed by atoms with E-state index in [9.17, 15) is 14.4 Å². The Morgan fingerprint density at radius 3 is 2.39 bits per heavy atom. The van der Waals surface area contributed by atoms with Gasteiger partial charge in [0.2, 0.25) is 5.91 Å². The van der Waals surface area contributed by atoms with Crippen molar-refractivity contribution in [1.29, 1.82) is 0 Å². The van der Waals surface area contributed by atoms with E-state index in [0.717, 1.165) is 5.56 Å². The van der Waals surface area contributed by atoms with E-state index in [4.69, 9.17) is 5.11 Å². The molecule has 0 saturated carbocycles. The lowest BCUT2D eigenvalue weighted by molar-refractivity contribution is -0.137. The first-order valence-corrected chi connectivity index (χ1v) is 5.33. The average Bonchev–Trinajstić information content (AvgIpc) is 2.34. The van der Waals surface area contributed by atoms with Crippen LogP contribution in [0.4, 0.5) is 0 Å². The van der Waals surface area contributed by atoms with Crippen molar-refractivity contribution < 1.29 is 19.5 Å².